The van der Waals surface area contributed by atoms with Crippen molar-refractivity contribution in [3.63, 3.8) is 0 Å². The van der Waals surface area contributed by atoms with E-state index in [1.54, 1.807) is 29.8 Å². The Bertz CT molecular complexity index is 1330. The summed E-state index contributed by atoms with van der Waals surface area (Å²) >= 11 is 0. The Kier molecular flexibility index (Phi) is 7.36. The number of aromatic nitrogens is 7. The largest absolute Gasteiger partial charge is 0.497 e. The molecule has 1 aliphatic rings. The summed E-state index contributed by atoms with van der Waals surface area (Å²) in [7, 11) is 3.17. The molecular formula is C25H29N9O3. The van der Waals surface area contributed by atoms with Crippen LogP contribution in [0.2, 0.25) is 0 Å². The van der Waals surface area contributed by atoms with Crippen LogP contribution in [0.25, 0.3) is 5.69 Å². The van der Waals surface area contributed by atoms with Gasteiger partial charge in [-0.2, -0.15) is 5.10 Å². The van der Waals surface area contributed by atoms with Gasteiger partial charge in [-0.25, -0.2) is 9.67 Å². The molecule has 4 aromatic rings. The summed E-state index contributed by atoms with van der Waals surface area (Å²) in [5.41, 5.74) is 3.56. The number of benzene rings is 1. The Labute approximate surface area is 214 Å². The normalized spacial score (nSPS) is 13.2. The molecule has 12 nitrogen and oxygen atoms in total. The van der Waals surface area contributed by atoms with Crippen molar-refractivity contribution in [2.45, 2.75) is 32.5 Å². The number of tetrazole rings is 1. The Morgan fingerprint density at radius 2 is 2.00 bits per heavy atom. The second-order valence-corrected chi connectivity index (χ2v) is 8.77. The standard InChI is InChI=1S/C25H29N9O3/c1-36-16-22-21(15-33(29-22)14-18-5-8-24(26-12-18)32-9-3-4-10-32)25(35)27-13-19-11-20(37-2)6-7-23(19)34-17-28-30-31-34/h5-8,11-12,15,17H,3-4,9-10,13-14,16H2,1-2H3,(H,27,35). The van der Waals surface area contributed by atoms with Crippen molar-refractivity contribution in [1.82, 2.24) is 40.3 Å². The Balaban J connectivity index is 1.30. The zero-order valence-electron chi connectivity index (χ0n) is 20.9. The van der Waals surface area contributed by atoms with Gasteiger partial charge < -0.3 is 19.7 Å². The van der Waals surface area contributed by atoms with Crippen molar-refractivity contribution in [3.05, 3.63) is 71.4 Å². The van der Waals surface area contributed by atoms with Crippen LogP contribution in [0.4, 0.5) is 5.82 Å². The van der Waals surface area contributed by atoms with Crippen LogP contribution < -0.4 is 15.0 Å². The molecule has 0 unspecified atom stereocenters. The summed E-state index contributed by atoms with van der Waals surface area (Å²) in [6, 6.07) is 9.60. The van der Waals surface area contributed by atoms with Gasteiger partial charge in [0.2, 0.25) is 0 Å². The first-order chi connectivity index (χ1) is 18.1. The topological polar surface area (TPSA) is 125 Å². The van der Waals surface area contributed by atoms with E-state index in [9.17, 15) is 4.79 Å². The number of anilines is 1. The first-order valence-corrected chi connectivity index (χ1v) is 12.1. The number of rotatable bonds is 10. The highest BCUT2D eigenvalue weighted by atomic mass is 16.5. The number of carbonyl (C=O) groups is 1. The molecule has 0 bridgehead atoms. The van der Waals surface area contributed by atoms with E-state index in [1.807, 2.05) is 30.5 Å². The SMILES string of the molecule is COCc1nn(Cc2ccc(N3CCCC3)nc2)cc1C(=O)NCc1cc(OC)ccc1-n1cnnn1. The summed E-state index contributed by atoms with van der Waals surface area (Å²) < 4.78 is 13.9. The molecule has 1 saturated heterocycles. The predicted octanol–water partition coefficient (Wildman–Crippen LogP) is 1.99. The zero-order valence-corrected chi connectivity index (χ0v) is 20.9. The Morgan fingerprint density at radius 1 is 1.14 bits per heavy atom. The maximum Gasteiger partial charge on any atom is 0.255 e. The van der Waals surface area contributed by atoms with Crippen LogP contribution in [0.5, 0.6) is 5.75 Å². The van der Waals surface area contributed by atoms with Crippen LogP contribution in [-0.2, 0) is 24.4 Å². The van der Waals surface area contributed by atoms with Gasteiger partial charge in [0.1, 0.15) is 23.6 Å². The monoisotopic (exact) mass is 503 g/mol. The van der Waals surface area contributed by atoms with Crippen LogP contribution >= 0.6 is 0 Å². The fraction of sp³-hybridized carbons (Fsp3) is 0.360. The fourth-order valence-corrected chi connectivity index (χ4v) is 4.40. The molecule has 1 amide bonds. The zero-order chi connectivity index (χ0) is 25.6. The highest BCUT2D eigenvalue weighted by molar-refractivity contribution is 5.95. The molecular weight excluding hydrogens is 474 g/mol. The van der Waals surface area contributed by atoms with Crippen LogP contribution in [0, 0.1) is 0 Å². The van der Waals surface area contributed by atoms with E-state index in [-0.39, 0.29) is 19.1 Å². The molecule has 4 heterocycles. The lowest BCUT2D eigenvalue weighted by Gasteiger charge is -2.16. The highest BCUT2D eigenvalue weighted by Crippen LogP contribution is 2.21. The average molecular weight is 504 g/mol. The van der Waals surface area contributed by atoms with Crippen molar-refractivity contribution in [2.24, 2.45) is 0 Å². The third-order valence-electron chi connectivity index (χ3n) is 6.27. The number of hydrogen-bond acceptors (Lipinski definition) is 9. The molecule has 1 fully saturated rings. The number of nitrogens with one attached hydrogen (secondary N) is 1. The van der Waals surface area contributed by atoms with Crippen LogP contribution in [-0.4, -0.2) is 68.2 Å². The molecule has 37 heavy (non-hydrogen) atoms. The fourth-order valence-electron chi connectivity index (χ4n) is 4.40. The first-order valence-electron chi connectivity index (χ1n) is 12.1. The van der Waals surface area contributed by atoms with E-state index in [0.717, 1.165) is 35.7 Å². The van der Waals surface area contributed by atoms with Gasteiger partial charge in [-0.05, 0) is 53.1 Å². The van der Waals surface area contributed by atoms with Gasteiger partial charge in [0.25, 0.3) is 5.91 Å². The molecule has 0 atom stereocenters. The van der Waals surface area contributed by atoms with Gasteiger partial charge in [0.05, 0.1) is 31.5 Å². The average Bonchev–Trinajstić information content (AvgIpc) is 3.71. The Hall–Kier alpha value is -4.32. The lowest BCUT2D eigenvalue weighted by atomic mass is 10.1. The van der Waals surface area contributed by atoms with Gasteiger partial charge in [0, 0.05) is 44.7 Å². The van der Waals surface area contributed by atoms with Crippen molar-refractivity contribution < 1.29 is 14.3 Å². The van der Waals surface area contributed by atoms with E-state index < -0.39 is 0 Å². The molecule has 1 aromatic carbocycles. The van der Waals surface area contributed by atoms with Crippen molar-refractivity contribution in [3.8, 4) is 11.4 Å². The smallest absolute Gasteiger partial charge is 0.255 e. The third-order valence-corrected chi connectivity index (χ3v) is 6.27. The van der Waals surface area contributed by atoms with Crippen molar-refractivity contribution in [2.75, 3.05) is 32.2 Å². The minimum Gasteiger partial charge on any atom is -0.497 e. The number of methoxy groups -OCH3 is 2. The minimum absolute atomic E-state index is 0.219. The molecule has 0 aliphatic carbocycles. The summed E-state index contributed by atoms with van der Waals surface area (Å²) in [5, 5.41) is 18.9. The van der Waals surface area contributed by atoms with Crippen molar-refractivity contribution >= 4 is 11.7 Å². The molecule has 0 saturated carbocycles. The maximum atomic E-state index is 13.2. The lowest BCUT2D eigenvalue weighted by molar-refractivity contribution is 0.0946. The second kappa shape index (κ2) is 11.2. The quantitative estimate of drug-likeness (QED) is 0.346. The van der Waals surface area contributed by atoms with Gasteiger partial charge in [-0.3, -0.25) is 9.48 Å². The number of hydrogen-bond donors (Lipinski definition) is 1. The molecule has 12 heteroatoms. The van der Waals surface area contributed by atoms with E-state index in [1.165, 1.54) is 19.2 Å². The lowest BCUT2D eigenvalue weighted by Crippen LogP contribution is -2.24. The summed E-state index contributed by atoms with van der Waals surface area (Å²) in [5.74, 6) is 1.41. The summed E-state index contributed by atoms with van der Waals surface area (Å²) in [6.07, 6.45) is 7.53. The molecule has 192 valence electrons. The van der Waals surface area contributed by atoms with Gasteiger partial charge >= 0.3 is 0 Å². The number of pyridine rings is 1. The molecule has 5 rings (SSSR count). The maximum absolute atomic E-state index is 13.2. The second-order valence-electron chi connectivity index (χ2n) is 8.77. The van der Waals surface area contributed by atoms with Gasteiger partial charge in [0.15, 0.2) is 0 Å². The molecule has 0 radical (unpaired) electrons. The minimum atomic E-state index is -0.258. The van der Waals surface area contributed by atoms with E-state index in [2.05, 4.69) is 41.9 Å². The summed E-state index contributed by atoms with van der Waals surface area (Å²) in [4.78, 5) is 20.1. The van der Waals surface area contributed by atoms with Crippen LogP contribution in [0.1, 0.15) is 40.0 Å². The molecule has 0 spiro atoms. The number of ether oxygens (including phenoxy) is 2. The van der Waals surface area contributed by atoms with E-state index in [4.69, 9.17) is 9.47 Å². The molecule has 1 N–H and O–H groups in total. The van der Waals surface area contributed by atoms with Gasteiger partial charge in [-0.1, -0.05) is 6.07 Å². The number of amides is 1. The van der Waals surface area contributed by atoms with Crippen LogP contribution in [0.3, 0.4) is 0 Å². The van der Waals surface area contributed by atoms with Crippen LogP contribution in [0.15, 0.2) is 49.1 Å². The van der Waals surface area contributed by atoms with E-state index in [0.29, 0.717) is 23.6 Å². The number of nitrogens with zero attached hydrogens (tertiary/aromatic N) is 8. The molecule has 1 aliphatic heterocycles. The Morgan fingerprint density at radius 3 is 2.70 bits per heavy atom. The predicted molar refractivity (Wildman–Crippen MR) is 135 cm³/mol. The van der Waals surface area contributed by atoms with Gasteiger partial charge in [-0.15, -0.1) is 5.10 Å². The van der Waals surface area contributed by atoms with E-state index >= 15 is 0 Å². The first kappa shape index (κ1) is 24.4. The summed E-state index contributed by atoms with van der Waals surface area (Å²) in [6.45, 7) is 3.06. The molecule has 3 aromatic heterocycles. The third kappa shape index (κ3) is 5.59. The highest BCUT2D eigenvalue weighted by Gasteiger charge is 2.18. The number of carbonyl (C=O) groups excluding carboxylic acids is 1. The van der Waals surface area contributed by atoms with Crippen molar-refractivity contribution in [1.29, 1.82) is 0 Å².